The first-order valence-corrected chi connectivity index (χ1v) is 5.99. The lowest BCUT2D eigenvalue weighted by molar-refractivity contribution is -0.230. The Labute approximate surface area is 118 Å². The number of hydrogen-bond donors (Lipinski definition) is 0. The van der Waals surface area contributed by atoms with Crippen molar-refractivity contribution in [1.82, 2.24) is 4.90 Å². The molecule has 1 heterocycles. The van der Waals surface area contributed by atoms with Crippen LogP contribution in [0.1, 0.15) is 13.3 Å². The average Bonchev–Trinajstić information content (AvgIpc) is 2.23. The summed E-state index contributed by atoms with van der Waals surface area (Å²) in [6, 6.07) is -5.24. The smallest absolute Gasteiger partial charge is 0.239 e. The Bertz CT molecular complexity index is 431. The molecule has 1 aliphatic rings. The minimum atomic E-state index is -6.06. The SMILES string of the molecule is CC1CC(C(F)(F)F)CN(C(F)(F)C(=C(F)F)C(F)(F)F)C1. The highest BCUT2D eigenvalue weighted by atomic mass is 19.4. The number of rotatable bonds is 2. The van der Waals surface area contributed by atoms with Gasteiger partial charge in [-0.1, -0.05) is 6.92 Å². The summed E-state index contributed by atoms with van der Waals surface area (Å²) in [5.41, 5.74) is -3.42. The first kappa shape index (κ1) is 19.0. The second-order valence-corrected chi connectivity index (χ2v) is 5.16. The molecule has 2 atom stereocenters. The molecule has 0 aromatic carbocycles. The molecule has 0 aliphatic carbocycles. The zero-order valence-electron chi connectivity index (χ0n) is 11.0. The lowest BCUT2D eigenvalue weighted by Crippen LogP contribution is -2.55. The highest BCUT2D eigenvalue weighted by molar-refractivity contribution is 5.19. The van der Waals surface area contributed by atoms with E-state index in [9.17, 15) is 43.9 Å². The van der Waals surface area contributed by atoms with Crippen molar-refractivity contribution < 1.29 is 43.9 Å². The molecule has 0 spiro atoms. The number of likely N-dealkylation sites (tertiary alicyclic amines) is 1. The maximum absolute atomic E-state index is 13.8. The molecule has 1 fully saturated rings. The predicted molar refractivity (Wildman–Crippen MR) is 55.1 cm³/mol. The van der Waals surface area contributed by atoms with Crippen molar-refractivity contribution in [2.75, 3.05) is 13.1 Å². The molecule has 1 nitrogen and oxygen atoms in total. The molecule has 1 saturated heterocycles. The van der Waals surface area contributed by atoms with Gasteiger partial charge < -0.3 is 0 Å². The van der Waals surface area contributed by atoms with Crippen molar-refractivity contribution in [3.05, 3.63) is 11.7 Å². The highest BCUT2D eigenvalue weighted by Crippen LogP contribution is 2.46. The number of halogens is 10. The number of nitrogens with zero attached hydrogens (tertiary/aromatic N) is 1. The molecule has 0 radical (unpaired) electrons. The summed E-state index contributed by atoms with van der Waals surface area (Å²) in [6.07, 6.45) is -15.2. The van der Waals surface area contributed by atoms with E-state index in [0.717, 1.165) is 6.92 Å². The largest absolute Gasteiger partial charge is 0.425 e. The Morgan fingerprint density at radius 1 is 0.909 bits per heavy atom. The molecule has 1 rings (SSSR count). The van der Waals surface area contributed by atoms with Crippen LogP contribution in [-0.4, -0.2) is 36.4 Å². The number of piperidine rings is 1. The van der Waals surface area contributed by atoms with Gasteiger partial charge in [0.05, 0.1) is 5.92 Å². The first-order valence-electron chi connectivity index (χ1n) is 5.99. The molecule has 11 heteroatoms. The van der Waals surface area contributed by atoms with Crippen molar-refractivity contribution in [3.63, 3.8) is 0 Å². The fourth-order valence-electron chi connectivity index (χ4n) is 2.37. The first-order chi connectivity index (χ1) is 9.67. The topological polar surface area (TPSA) is 3.24 Å². The van der Waals surface area contributed by atoms with Crippen LogP contribution in [0.2, 0.25) is 0 Å². The summed E-state index contributed by atoms with van der Waals surface area (Å²) in [4.78, 5) is -0.485. The summed E-state index contributed by atoms with van der Waals surface area (Å²) in [5, 5.41) is 0. The van der Waals surface area contributed by atoms with Gasteiger partial charge >= 0.3 is 18.4 Å². The lowest BCUT2D eigenvalue weighted by Gasteiger charge is -2.41. The van der Waals surface area contributed by atoms with E-state index in [2.05, 4.69) is 0 Å². The van der Waals surface area contributed by atoms with E-state index in [0.29, 0.717) is 0 Å². The van der Waals surface area contributed by atoms with Crippen LogP contribution < -0.4 is 0 Å². The molecule has 0 saturated carbocycles. The van der Waals surface area contributed by atoms with Gasteiger partial charge in [0.15, 0.2) is 5.57 Å². The molecular formula is C11H11F10N. The van der Waals surface area contributed by atoms with Crippen LogP contribution in [0.25, 0.3) is 0 Å². The third kappa shape index (κ3) is 4.05. The quantitative estimate of drug-likeness (QED) is 0.512. The molecule has 0 N–H and O–H groups in total. The van der Waals surface area contributed by atoms with E-state index in [-0.39, 0.29) is 0 Å². The van der Waals surface area contributed by atoms with Crippen molar-refractivity contribution in [3.8, 4) is 0 Å². The lowest BCUT2D eigenvalue weighted by atomic mass is 9.89. The third-order valence-corrected chi connectivity index (χ3v) is 3.29. The van der Waals surface area contributed by atoms with Gasteiger partial charge in [-0.05, 0) is 12.3 Å². The van der Waals surface area contributed by atoms with Crippen LogP contribution in [0.3, 0.4) is 0 Å². The monoisotopic (exact) mass is 347 g/mol. The van der Waals surface area contributed by atoms with E-state index >= 15 is 0 Å². The minimum absolute atomic E-state index is 0.485. The van der Waals surface area contributed by atoms with E-state index in [1.54, 1.807) is 0 Å². The van der Waals surface area contributed by atoms with E-state index in [1.165, 1.54) is 0 Å². The van der Waals surface area contributed by atoms with Crippen molar-refractivity contribution in [1.29, 1.82) is 0 Å². The van der Waals surface area contributed by atoms with Gasteiger partial charge in [-0.15, -0.1) is 0 Å². The maximum Gasteiger partial charge on any atom is 0.425 e. The van der Waals surface area contributed by atoms with Gasteiger partial charge in [-0.25, -0.2) is 4.90 Å². The zero-order chi connectivity index (χ0) is 17.5. The van der Waals surface area contributed by atoms with Gasteiger partial charge in [0.25, 0.3) is 6.08 Å². The van der Waals surface area contributed by atoms with E-state index in [4.69, 9.17) is 0 Å². The van der Waals surface area contributed by atoms with E-state index < -0.39 is 66.3 Å². The summed E-state index contributed by atoms with van der Waals surface area (Å²) in [5.74, 6) is -3.33. The average molecular weight is 347 g/mol. The van der Waals surface area contributed by atoms with Crippen LogP contribution >= 0.6 is 0 Å². The Kier molecular flexibility index (Phi) is 5.10. The fraction of sp³-hybridized carbons (Fsp3) is 0.818. The fourth-order valence-corrected chi connectivity index (χ4v) is 2.37. The normalized spacial score (nSPS) is 25.2. The molecule has 22 heavy (non-hydrogen) atoms. The second kappa shape index (κ2) is 5.89. The van der Waals surface area contributed by atoms with Crippen LogP contribution in [-0.2, 0) is 0 Å². The van der Waals surface area contributed by atoms with Crippen LogP contribution in [0.4, 0.5) is 43.9 Å². The summed E-state index contributed by atoms with van der Waals surface area (Å²) in [7, 11) is 0. The zero-order valence-corrected chi connectivity index (χ0v) is 11.0. The Hall–Kier alpha value is -1.00. The third-order valence-electron chi connectivity index (χ3n) is 3.29. The van der Waals surface area contributed by atoms with Gasteiger partial charge in [0, 0.05) is 13.1 Å². The Morgan fingerprint density at radius 2 is 1.41 bits per heavy atom. The van der Waals surface area contributed by atoms with Gasteiger partial charge in [0.1, 0.15) is 0 Å². The summed E-state index contributed by atoms with van der Waals surface area (Å²) < 4.78 is 127. The molecule has 2 unspecified atom stereocenters. The molecule has 1 aliphatic heterocycles. The maximum atomic E-state index is 13.8. The second-order valence-electron chi connectivity index (χ2n) is 5.16. The number of alkyl halides is 8. The standard InChI is InChI=1S/C11H11F10N/c1-5-2-6(9(14,15)16)4-22(3-5)11(20,21)7(8(12)13)10(17,18)19/h5-6H,2-4H2,1H3. The predicted octanol–water partition coefficient (Wildman–Crippen LogP) is 4.81. The van der Waals surface area contributed by atoms with Crippen LogP contribution in [0.5, 0.6) is 0 Å². The number of hydrogen-bond acceptors (Lipinski definition) is 1. The van der Waals surface area contributed by atoms with Crippen LogP contribution in [0, 0.1) is 11.8 Å². The molecule has 130 valence electrons. The molecule has 0 amide bonds. The Morgan fingerprint density at radius 3 is 1.77 bits per heavy atom. The van der Waals surface area contributed by atoms with E-state index in [1.807, 2.05) is 0 Å². The Balaban J connectivity index is 3.18. The van der Waals surface area contributed by atoms with Gasteiger partial charge in [-0.2, -0.15) is 43.9 Å². The molecule has 0 bridgehead atoms. The van der Waals surface area contributed by atoms with Crippen LogP contribution in [0.15, 0.2) is 11.7 Å². The molecular weight excluding hydrogens is 336 g/mol. The minimum Gasteiger partial charge on any atom is -0.239 e. The van der Waals surface area contributed by atoms with Gasteiger partial charge in [-0.3, -0.25) is 0 Å². The van der Waals surface area contributed by atoms with Crippen molar-refractivity contribution >= 4 is 0 Å². The van der Waals surface area contributed by atoms with Crippen molar-refractivity contribution in [2.24, 2.45) is 11.8 Å². The molecule has 0 aromatic rings. The summed E-state index contributed by atoms with van der Waals surface area (Å²) in [6.45, 7) is -1.20. The summed E-state index contributed by atoms with van der Waals surface area (Å²) >= 11 is 0. The molecule has 0 aromatic heterocycles. The highest BCUT2D eigenvalue weighted by Gasteiger charge is 2.59. The van der Waals surface area contributed by atoms with Gasteiger partial charge in [0.2, 0.25) is 0 Å². The van der Waals surface area contributed by atoms with Crippen molar-refractivity contribution in [2.45, 2.75) is 31.7 Å².